The molecule has 0 saturated carbocycles. The first kappa shape index (κ1) is 13.4. The highest BCUT2D eigenvalue weighted by atomic mass is 16.5. The second kappa shape index (κ2) is 6.24. The van der Waals surface area contributed by atoms with Crippen molar-refractivity contribution in [2.45, 2.75) is 39.0 Å². The molecule has 0 spiro atoms. The molecule has 1 heterocycles. The third-order valence-corrected chi connectivity index (χ3v) is 3.81. The van der Waals surface area contributed by atoms with Gasteiger partial charge in [-0.1, -0.05) is 19.9 Å². The van der Waals surface area contributed by atoms with Crippen molar-refractivity contribution in [3.8, 4) is 5.75 Å². The molecule has 100 valence electrons. The van der Waals surface area contributed by atoms with Gasteiger partial charge in [0, 0.05) is 0 Å². The zero-order chi connectivity index (χ0) is 13.0. The molecule has 2 nitrogen and oxygen atoms in total. The van der Waals surface area contributed by atoms with Crippen molar-refractivity contribution in [1.29, 1.82) is 0 Å². The SMILES string of the molecule is COc1cc(CC2CCCNC2)cc(C(C)C)c1. The fraction of sp³-hybridized carbons (Fsp3) is 0.625. The molecule has 0 aromatic heterocycles. The molecule has 1 aromatic carbocycles. The van der Waals surface area contributed by atoms with Gasteiger partial charge in [-0.2, -0.15) is 0 Å². The fourth-order valence-corrected chi connectivity index (χ4v) is 2.69. The zero-order valence-corrected chi connectivity index (χ0v) is 11.8. The summed E-state index contributed by atoms with van der Waals surface area (Å²) in [4.78, 5) is 0. The second-order valence-electron chi connectivity index (χ2n) is 5.69. The Labute approximate surface area is 111 Å². The molecule has 1 atom stereocenters. The van der Waals surface area contributed by atoms with E-state index in [-0.39, 0.29) is 0 Å². The standard InChI is InChI=1S/C16H25NO/c1-12(2)15-8-14(9-16(10-15)18-3)7-13-5-4-6-17-11-13/h8-10,12-13,17H,4-7,11H2,1-3H3. The summed E-state index contributed by atoms with van der Waals surface area (Å²) in [5.74, 6) is 2.34. The van der Waals surface area contributed by atoms with E-state index in [1.54, 1.807) is 7.11 Å². The van der Waals surface area contributed by atoms with Gasteiger partial charge in [-0.25, -0.2) is 0 Å². The number of hydrogen-bond donors (Lipinski definition) is 1. The van der Waals surface area contributed by atoms with Gasteiger partial charge in [0.2, 0.25) is 0 Å². The van der Waals surface area contributed by atoms with E-state index in [0.717, 1.165) is 18.2 Å². The zero-order valence-electron chi connectivity index (χ0n) is 11.8. The Bertz CT molecular complexity index is 381. The quantitative estimate of drug-likeness (QED) is 0.881. The first-order chi connectivity index (χ1) is 8.69. The van der Waals surface area contributed by atoms with E-state index in [0.29, 0.717) is 5.92 Å². The molecule has 1 fully saturated rings. The largest absolute Gasteiger partial charge is 0.497 e. The molecule has 1 N–H and O–H groups in total. The van der Waals surface area contributed by atoms with E-state index in [9.17, 15) is 0 Å². The predicted octanol–water partition coefficient (Wildman–Crippen LogP) is 3.36. The lowest BCUT2D eigenvalue weighted by molar-refractivity contribution is 0.374. The molecular weight excluding hydrogens is 222 g/mol. The van der Waals surface area contributed by atoms with Gasteiger partial charge in [-0.15, -0.1) is 0 Å². The van der Waals surface area contributed by atoms with Gasteiger partial charge in [0.1, 0.15) is 5.75 Å². The number of hydrogen-bond acceptors (Lipinski definition) is 2. The molecular formula is C16H25NO. The van der Waals surface area contributed by atoms with Crippen LogP contribution in [0.2, 0.25) is 0 Å². The molecule has 0 aliphatic carbocycles. The maximum atomic E-state index is 5.42. The van der Waals surface area contributed by atoms with Crippen LogP contribution in [0.4, 0.5) is 0 Å². The van der Waals surface area contributed by atoms with Crippen molar-refractivity contribution < 1.29 is 4.74 Å². The highest BCUT2D eigenvalue weighted by molar-refractivity contribution is 5.36. The summed E-state index contributed by atoms with van der Waals surface area (Å²) in [6.45, 7) is 6.82. The van der Waals surface area contributed by atoms with E-state index < -0.39 is 0 Å². The van der Waals surface area contributed by atoms with Crippen molar-refractivity contribution >= 4 is 0 Å². The summed E-state index contributed by atoms with van der Waals surface area (Å²) in [5, 5.41) is 3.49. The molecule has 2 heteroatoms. The molecule has 1 aromatic rings. The monoisotopic (exact) mass is 247 g/mol. The molecule has 2 rings (SSSR count). The molecule has 0 radical (unpaired) electrons. The van der Waals surface area contributed by atoms with Crippen LogP contribution in [0.5, 0.6) is 5.75 Å². The highest BCUT2D eigenvalue weighted by Crippen LogP contribution is 2.25. The van der Waals surface area contributed by atoms with Crippen LogP contribution in [0, 0.1) is 5.92 Å². The summed E-state index contributed by atoms with van der Waals surface area (Å²) in [5.41, 5.74) is 2.81. The molecule has 0 bridgehead atoms. The summed E-state index contributed by atoms with van der Waals surface area (Å²) in [6, 6.07) is 6.70. The van der Waals surface area contributed by atoms with E-state index in [1.807, 2.05) is 0 Å². The minimum absolute atomic E-state index is 0.559. The van der Waals surface area contributed by atoms with Crippen LogP contribution < -0.4 is 10.1 Å². The number of benzene rings is 1. The Kier molecular flexibility index (Phi) is 4.65. The lowest BCUT2D eigenvalue weighted by Gasteiger charge is -2.23. The number of nitrogens with one attached hydrogen (secondary N) is 1. The number of rotatable bonds is 4. The predicted molar refractivity (Wildman–Crippen MR) is 76.4 cm³/mol. The van der Waals surface area contributed by atoms with Crippen LogP contribution in [-0.4, -0.2) is 20.2 Å². The first-order valence-electron chi connectivity index (χ1n) is 7.07. The number of piperidine rings is 1. The minimum Gasteiger partial charge on any atom is -0.497 e. The van der Waals surface area contributed by atoms with E-state index >= 15 is 0 Å². The van der Waals surface area contributed by atoms with Crippen molar-refractivity contribution in [3.05, 3.63) is 29.3 Å². The fourth-order valence-electron chi connectivity index (χ4n) is 2.69. The molecule has 1 aliphatic heterocycles. The second-order valence-corrected chi connectivity index (χ2v) is 5.69. The molecule has 1 aliphatic rings. The third-order valence-electron chi connectivity index (χ3n) is 3.81. The Balaban J connectivity index is 2.12. The molecule has 1 saturated heterocycles. The first-order valence-corrected chi connectivity index (χ1v) is 7.07. The minimum atomic E-state index is 0.559. The van der Waals surface area contributed by atoms with Crippen molar-refractivity contribution in [3.63, 3.8) is 0 Å². The van der Waals surface area contributed by atoms with Crippen LogP contribution in [-0.2, 0) is 6.42 Å². The van der Waals surface area contributed by atoms with Gasteiger partial charge in [-0.3, -0.25) is 0 Å². The van der Waals surface area contributed by atoms with Crippen molar-refractivity contribution in [1.82, 2.24) is 5.32 Å². The number of ether oxygens (including phenoxy) is 1. The Morgan fingerprint density at radius 3 is 2.78 bits per heavy atom. The van der Waals surface area contributed by atoms with Crippen LogP contribution in [0.3, 0.4) is 0 Å². The van der Waals surface area contributed by atoms with Gasteiger partial charge in [0.15, 0.2) is 0 Å². The van der Waals surface area contributed by atoms with Gasteiger partial charge < -0.3 is 10.1 Å². The Hall–Kier alpha value is -1.02. The maximum Gasteiger partial charge on any atom is 0.119 e. The summed E-state index contributed by atoms with van der Waals surface area (Å²) >= 11 is 0. The average Bonchev–Trinajstić information content (AvgIpc) is 2.39. The highest BCUT2D eigenvalue weighted by Gasteiger charge is 2.14. The van der Waals surface area contributed by atoms with Crippen molar-refractivity contribution in [2.24, 2.45) is 5.92 Å². The molecule has 18 heavy (non-hydrogen) atoms. The van der Waals surface area contributed by atoms with E-state index in [2.05, 4.69) is 37.4 Å². The smallest absolute Gasteiger partial charge is 0.119 e. The maximum absolute atomic E-state index is 5.42. The average molecular weight is 247 g/mol. The van der Waals surface area contributed by atoms with E-state index in [1.165, 1.54) is 36.9 Å². The van der Waals surface area contributed by atoms with Gasteiger partial charge in [-0.05, 0) is 67.4 Å². The van der Waals surface area contributed by atoms with Gasteiger partial charge >= 0.3 is 0 Å². The topological polar surface area (TPSA) is 21.3 Å². The van der Waals surface area contributed by atoms with Crippen LogP contribution >= 0.6 is 0 Å². The van der Waals surface area contributed by atoms with Crippen LogP contribution in [0.25, 0.3) is 0 Å². The Morgan fingerprint density at radius 1 is 1.33 bits per heavy atom. The van der Waals surface area contributed by atoms with Crippen LogP contribution in [0.15, 0.2) is 18.2 Å². The summed E-state index contributed by atoms with van der Waals surface area (Å²) in [6.07, 6.45) is 3.83. The van der Waals surface area contributed by atoms with E-state index in [4.69, 9.17) is 4.74 Å². The lowest BCUT2D eigenvalue weighted by atomic mass is 9.90. The Morgan fingerprint density at radius 2 is 2.17 bits per heavy atom. The van der Waals surface area contributed by atoms with Gasteiger partial charge in [0.05, 0.1) is 7.11 Å². The van der Waals surface area contributed by atoms with Crippen molar-refractivity contribution in [2.75, 3.05) is 20.2 Å². The number of methoxy groups -OCH3 is 1. The third kappa shape index (κ3) is 3.49. The lowest BCUT2D eigenvalue weighted by Crippen LogP contribution is -2.30. The normalized spacial score (nSPS) is 20.1. The van der Waals surface area contributed by atoms with Crippen LogP contribution in [0.1, 0.15) is 43.7 Å². The van der Waals surface area contributed by atoms with Gasteiger partial charge in [0.25, 0.3) is 0 Å². The molecule has 1 unspecified atom stereocenters. The summed E-state index contributed by atoms with van der Waals surface area (Å²) in [7, 11) is 1.76. The molecule has 0 amide bonds. The summed E-state index contributed by atoms with van der Waals surface area (Å²) < 4.78 is 5.42.